The number of hydrogen-bond acceptors (Lipinski definition) is 2. The Labute approximate surface area is 149 Å². The maximum absolute atomic E-state index is 13.0. The third-order valence-corrected chi connectivity index (χ3v) is 5.86. The summed E-state index contributed by atoms with van der Waals surface area (Å²) in [5.74, 6) is 0.194. The molecule has 1 atom stereocenters. The molecule has 0 aliphatic carbocycles. The van der Waals surface area contributed by atoms with E-state index in [2.05, 4.69) is 18.2 Å². The second-order valence-corrected chi connectivity index (χ2v) is 7.54. The molecule has 3 heterocycles. The van der Waals surface area contributed by atoms with E-state index in [9.17, 15) is 9.59 Å². The highest BCUT2D eigenvalue weighted by Gasteiger charge is 2.34. The van der Waals surface area contributed by atoms with Crippen LogP contribution < -0.4 is 0 Å². The summed E-state index contributed by atoms with van der Waals surface area (Å²) in [7, 11) is 0. The zero-order valence-electron chi connectivity index (χ0n) is 14.8. The van der Waals surface area contributed by atoms with Gasteiger partial charge < -0.3 is 14.7 Å². The number of amides is 3. The van der Waals surface area contributed by atoms with Gasteiger partial charge in [-0.3, -0.25) is 4.79 Å². The molecule has 25 heavy (non-hydrogen) atoms. The SMILES string of the molecule is O=C([C@@H]1CCCN(C(=O)N2CCCC2)C1)N1CCc2ccccc2C1. The fraction of sp³-hybridized carbons (Fsp3) is 0.600. The van der Waals surface area contributed by atoms with Gasteiger partial charge in [-0.1, -0.05) is 24.3 Å². The summed E-state index contributed by atoms with van der Waals surface area (Å²) in [5.41, 5.74) is 2.63. The van der Waals surface area contributed by atoms with Gasteiger partial charge in [-0.25, -0.2) is 4.79 Å². The lowest BCUT2D eigenvalue weighted by atomic mass is 9.94. The summed E-state index contributed by atoms with van der Waals surface area (Å²) in [6.45, 7) is 4.64. The van der Waals surface area contributed by atoms with Crippen LogP contribution in [0.25, 0.3) is 0 Å². The van der Waals surface area contributed by atoms with E-state index < -0.39 is 0 Å². The number of benzene rings is 1. The van der Waals surface area contributed by atoms with Crippen LogP contribution in [0.3, 0.4) is 0 Å². The minimum atomic E-state index is -0.0365. The van der Waals surface area contributed by atoms with E-state index in [0.717, 1.165) is 58.3 Å². The molecule has 3 aliphatic heterocycles. The van der Waals surface area contributed by atoms with Gasteiger partial charge in [-0.05, 0) is 43.2 Å². The van der Waals surface area contributed by atoms with Gasteiger partial charge in [0.15, 0.2) is 0 Å². The van der Waals surface area contributed by atoms with E-state index in [1.807, 2.05) is 20.8 Å². The number of carbonyl (C=O) groups excluding carboxylic acids is 2. The predicted molar refractivity (Wildman–Crippen MR) is 96.1 cm³/mol. The van der Waals surface area contributed by atoms with Crippen LogP contribution >= 0.6 is 0 Å². The average molecular weight is 341 g/mol. The quantitative estimate of drug-likeness (QED) is 0.788. The second kappa shape index (κ2) is 7.06. The van der Waals surface area contributed by atoms with Crippen molar-refractivity contribution in [2.45, 2.75) is 38.6 Å². The Kier molecular flexibility index (Phi) is 4.64. The van der Waals surface area contributed by atoms with Crippen molar-refractivity contribution in [1.82, 2.24) is 14.7 Å². The first-order chi connectivity index (χ1) is 12.2. The predicted octanol–water partition coefficient (Wildman–Crippen LogP) is 2.50. The summed E-state index contributed by atoms with van der Waals surface area (Å²) in [4.78, 5) is 31.5. The van der Waals surface area contributed by atoms with Crippen molar-refractivity contribution < 1.29 is 9.59 Å². The number of rotatable bonds is 1. The van der Waals surface area contributed by atoms with Gasteiger partial charge in [0.25, 0.3) is 0 Å². The zero-order chi connectivity index (χ0) is 17.2. The van der Waals surface area contributed by atoms with E-state index in [0.29, 0.717) is 13.1 Å². The first kappa shape index (κ1) is 16.4. The molecule has 0 unspecified atom stereocenters. The lowest BCUT2D eigenvalue weighted by molar-refractivity contribution is -0.137. The summed E-state index contributed by atoms with van der Waals surface area (Å²) >= 11 is 0. The molecule has 0 spiro atoms. The molecule has 2 saturated heterocycles. The smallest absolute Gasteiger partial charge is 0.320 e. The summed E-state index contributed by atoms with van der Waals surface area (Å²) in [5, 5.41) is 0. The topological polar surface area (TPSA) is 43.9 Å². The monoisotopic (exact) mass is 341 g/mol. The van der Waals surface area contributed by atoms with Gasteiger partial charge in [0.05, 0.1) is 5.92 Å². The van der Waals surface area contributed by atoms with Crippen molar-refractivity contribution in [1.29, 1.82) is 0 Å². The lowest BCUT2D eigenvalue weighted by Gasteiger charge is -2.38. The number of carbonyl (C=O) groups is 2. The van der Waals surface area contributed by atoms with E-state index >= 15 is 0 Å². The van der Waals surface area contributed by atoms with Gasteiger partial charge in [0, 0.05) is 39.3 Å². The number of piperidine rings is 1. The number of nitrogens with zero attached hydrogens (tertiary/aromatic N) is 3. The van der Waals surface area contributed by atoms with Crippen LogP contribution in [-0.4, -0.2) is 59.4 Å². The van der Waals surface area contributed by atoms with Crippen molar-refractivity contribution in [3.05, 3.63) is 35.4 Å². The number of likely N-dealkylation sites (tertiary alicyclic amines) is 2. The van der Waals surface area contributed by atoms with Crippen molar-refractivity contribution in [3.63, 3.8) is 0 Å². The van der Waals surface area contributed by atoms with Crippen molar-refractivity contribution in [3.8, 4) is 0 Å². The number of hydrogen-bond donors (Lipinski definition) is 0. The molecule has 3 amide bonds. The fourth-order valence-corrected chi connectivity index (χ4v) is 4.40. The van der Waals surface area contributed by atoms with Gasteiger partial charge in [-0.15, -0.1) is 0 Å². The molecular weight excluding hydrogens is 314 g/mol. The van der Waals surface area contributed by atoms with Gasteiger partial charge in [-0.2, -0.15) is 0 Å². The van der Waals surface area contributed by atoms with Crippen molar-refractivity contribution in [2.24, 2.45) is 5.92 Å². The third kappa shape index (κ3) is 3.37. The van der Waals surface area contributed by atoms with Crippen LogP contribution in [0, 0.1) is 5.92 Å². The van der Waals surface area contributed by atoms with E-state index in [-0.39, 0.29) is 17.9 Å². The molecular formula is C20H27N3O2. The molecule has 1 aromatic carbocycles. The zero-order valence-corrected chi connectivity index (χ0v) is 14.8. The highest BCUT2D eigenvalue weighted by Crippen LogP contribution is 2.25. The molecule has 5 heteroatoms. The summed E-state index contributed by atoms with van der Waals surface area (Å²) in [6.07, 6.45) is 4.98. The Morgan fingerprint density at radius 3 is 2.36 bits per heavy atom. The van der Waals surface area contributed by atoms with E-state index in [4.69, 9.17) is 0 Å². The summed E-state index contributed by atoms with van der Waals surface area (Å²) < 4.78 is 0. The molecule has 134 valence electrons. The van der Waals surface area contributed by atoms with Gasteiger partial charge in [0.1, 0.15) is 0 Å². The molecule has 0 radical (unpaired) electrons. The molecule has 0 N–H and O–H groups in total. The maximum atomic E-state index is 13.0. The molecule has 2 fully saturated rings. The molecule has 0 saturated carbocycles. The maximum Gasteiger partial charge on any atom is 0.320 e. The first-order valence-electron chi connectivity index (χ1n) is 9.62. The standard InChI is InChI=1S/C20H27N3O2/c24-19(22-13-9-16-6-1-2-7-17(16)14-22)18-8-5-12-23(15-18)20(25)21-10-3-4-11-21/h1-2,6-7,18H,3-5,8-15H2/t18-/m1/s1. The van der Waals surface area contributed by atoms with Gasteiger partial charge in [0.2, 0.25) is 5.91 Å². The van der Waals surface area contributed by atoms with Crippen molar-refractivity contribution >= 4 is 11.9 Å². The second-order valence-electron chi connectivity index (χ2n) is 7.54. The third-order valence-electron chi connectivity index (χ3n) is 5.86. The van der Waals surface area contributed by atoms with E-state index in [1.54, 1.807) is 0 Å². The normalized spacial score (nSPS) is 23.5. The van der Waals surface area contributed by atoms with Crippen LogP contribution in [-0.2, 0) is 17.8 Å². The number of urea groups is 1. The number of fused-ring (bicyclic) bond motifs is 1. The fourth-order valence-electron chi connectivity index (χ4n) is 4.40. The highest BCUT2D eigenvalue weighted by atomic mass is 16.2. The lowest BCUT2D eigenvalue weighted by Crippen LogP contribution is -2.50. The van der Waals surface area contributed by atoms with Crippen LogP contribution in [0.5, 0.6) is 0 Å². The average Bonchev–Trinajstić information content (AvgIpc) is 3.21. The van der Waals surface area contributed by atoms with Crippen LogP contribution in [0.15, 0.2) is 24.3 Å². The molecule has 5 nitrogen and oxygen atoms in total. The summed E-state index contributed by atoms with van der Waals surface area (Å²) in [6, 6.07) is 8.54. The molecule has 0 aromatic heterocycles. The molecule has 1 aromatic rings. The highest BCUT2D eigenvalue weighted by molar-refractivity contribution is 5.81. The molecule has 3 aliphatic rings. The van der Waals surface area contributed by atoms with Crippen LogP contribution in [0.4, 0.5) is 4.79 Å². The minimum absolute atomic E-state index is 0.0365. The Bertz CT molecular complexity index is 654. The van der Waals surface area contributed by atoms with Crippen molar-refractivity contribution in [2.75, 3.05) is 32.7 Å². The van der Waals surface area contributed by atoms with Crippen LogP contribution in [0.1, 0.15) is 36.8 Å². The van der Waals surface area contributed by atoms with E-state index in [1.165, 1.54) is 11.1 Å². The Hall–Kier alpha value is -2.04. The minimum Gasteiger partial charge on any atom is -0.338 e. The van der Waals surface area contributed by atoms with Crippen LogP contribution in [0.2, 0.25) is 0 Å². The Morgan fingerprint density at radius 1 is 0.840 bits per heavy atom. The molecule has 0 bridgehead atoms. The Morgan fingerprint density at radius 2 is 1.56 bits per heavy atom. The van der Waals surface area contributed by atoms with Gasteiger partial charge >= 0.3 is 6.03 Å². The Balaban J connectivity index is 1.39. The first-order valence-corrected chi connectivity index (χ1v) is 9.62. The largest absolute Gasteiger partial charge is 0.338 e. The molecule has 4 rings (SSSR count).